The van der Waals surface area contributed by atoms with Crippen LogP contribution in [0.25, 0.3) is 0 Å². The number of phenols is 1. The van der Waals surface area contributed by atoms with Gasteiger partial charge >= 0.3 is 0 Å². The monoisotopic (exact) mass is 505 g/mol. The number of benzene rings is 3. The van der Waals surface area contributed by atoms with E-state index < -0.39 is 34.8 Å². The highest BCUT2D eigenvalue weighted by Crippen LogP contribution is 2.49. The highest BCUT2D eigenvalue weighted by Gasteiger charge is 2.60. The van der Waals surface area contributed by atoms with Gasteiger partial charge in [-0.15, -0.1) is 0 Å². The molecule has 0 bridgehead atoms. The lowest BCUT2D eigenvalue weighted by atomic mass is 9.90. The molecule has 11 heteroatoms. The summed E-state index contributed by atoms with van der Waals surface area (Å²) in [5, 5.41) is 22.8. The van der Waals surface area contributed by atoms with Crippen LogP contribution in [-0.4, -0.2) is 41.7 Å². The number of imide groups is 1. The Balaban J connectivity index is 1.57. The molecule has 2 saturated heterocycles. The van der Waals surface area contributed by atoms with Gasteiger partial charge in [-0.3, -0.25) is 24.5 Å². The van der Waals surface area contributed by atoms with Gasteiger partial charge < -0.3 is 14.6 Å². The van der Waals surface area contributed by atoms with Crippen LogP contribution in [0.15, 0.2) is 66.7 Å². The van der Waals surface area contributed by atoms with Gasteiger partial charge in [-0.05, 0) is 55.0 Å². The largest absolute Gasteiger partial charge is 0.504 e. The second kappa shape index (κ2) is 9.43. The maximum Gasteiger partial charge on any atom is 0.271 e. The van der Waals surface area contributed by atoms with E-state index in [1.54, 1.807) is 42.5 Å². The number of carbonyl (C=O) groups is 2. The summed E-state index contributed by atoms with van der Waals surface area (Å²) in [6, 6.07) is 16.0. The van der Waals surface area contributed by atoms with Crippen LogP contribution in [0.3, 0.4) is 0 Å². The number of non-ortho nitro benzene ring substituents is 1. The van der Waals surface area contributed by atoms with Crippen molar-refractivity contribution in [1.82, 2.24) is 0 Å². The molecule has 3 atom stereocenters. The zero-order chi connectivity index (χ0) is 26.3. The molecular formula is C26H23N3O8. The third-order valence-corrected chi connectivity index (χ3v) is 6.36. The molecule has 3 aromatic rings. The van der Waals surface area contributed by atoms with Crippen LogP contribution < -0.4 is 19.4 Å². The standard InChI is InChI=1S/C26H23N3O8/c1-3-36-19-10-8-16(9-11-19)27-25(31)22-23(15-7-12-20(30)21(13-15)35-2)28(37-24(22)26(27)32)17-5-4-6-18(14-17)29(33)34/h4-14,22-24,30H,3H2,1-2H3/t22-,23-,24-/m0/s1. The second-order valence-electron chi connectivity index (χ2n) is 8.47. The number of hydrogen-bond donors (Lipinski definition) is 1. The quantitative estimate of drug-likeness (QED) is 0.290. The number of phenolic OH excluding ortho intramolecular Hbond substituents is 1. The Morgan fingerprint density at radius 3 is 2.46 bits per heavy atom. The molecule has 0 saturated carbocycles. The molecule has 2 amide bonds. The van der Waals surface area contributed by atoms with Crippen LogP contribution in [-0.2, 0) is 14.4 Å². The number of hydrogen-bond acceptors (Lipinski definition) is 9. The van der Waals surface area contributed by atoms with Crippen molar-refractivity contribution in [3.8, 4) is 17.2 Å². The Kier molecular flexibility index (Phi) is 6.14. The van der Waals surface area contributed by atoms with Crippen LogP contribution in [0, 0.1) is 16.0 Å². The minimum absolute atomic E-state index is 0.103. The molecule has 5 rings (SSSR count). The molecule has 2 fully saturated rings. The molecular weight excluding hydrogens is 482 g/mol. The molecule has 190 valence electrons. The topological polar surface area (TPSA) is 132 Å². The highest BCUT2D eigenvalue weighted by atomic mass is 16.7. The van der Waals surface area contributed by atoms with Gasteiger partial charge in [0, 0.05) is 12.1 Å². The van der Waals surface area contributed by atoms with E-state index in [2.05, 4.69) is 0 Å². The highest BCUT2D eigenvalue weighted by molar-refractivity contribution is 6.24. The third-order valence-electron chi connectivity index (χ3n) is 6.36. The fraction of sp³-hybridized carbons (Fsp3) is 0.231. The second-order valence-corrected chi connectivity index (χ2v) is 8.47. The van der Waals surface area contributed by atoms with E-state index in [1.807, 2.05) is 6.92 Å². The maximum atomic E-state index is 13.7. The van der Waals surface area contributed by atoms with Gasteiger partial charge in [0.15, 0.2) is 17.6 Å². The molecule has 0 spiro atoms. The van der Waals surface area contributed by atoms with Crippen LogP contribution in [0.2, 0.25) is 0 Å². The van der Waals surface area contributed by atoms with Gasteiger partial charge in [0.2, 0.25) is 5.91 Å². The molecule has 0 aliphatic carbocycles. The van der Waals surface area contributed by atoms with Gasteiger partial charge in [0.1, 0.15) is 11.7 Å². The lowest BCUT2D eigenvalue weighted by Crippen LogP contribution is -2.37. The lowest BCUT2D eigenvalue weighted by molar-refractivity contribution is -0.384. The predicted molar refractivity (Wildman–Crippen MR) is 131 cm³/mol. The number of anilines is 2. The first kappa shape index (κ1) is 24.1. The summed E-state index contributed by atoms with van der Waals surface area (Å²) in [5.74, 6) is -1.33. The molecule has 0 radical (unpaired) electrons. The van der Waals surface area contributed by atoms with Gasteiger partial charge in [0.05, 0.1) is 36.1 Å². The summed E-state index contributed by atoms with van der Waals surface area (Å²) >= 11 is 0. The van der Waals surface area contributed by atoms with E-state index in [1.165, 1.54) is 36.4 Å². The van der Waals surface area contributed by atoms with E-state index >= 15 is 0 Å². The van der Waals surface area contributed by atoms with E-state index in [0.29, 0.717) is 29.3 Å². The van der Waals surface area contributed by atoms with E-state index in [0.717, 1.165) is 4.90 Å². The molecule has 3 aromatic carbocycles. The number of rotatable bonds is 7. The Labute approximate surface area is 211 Å². The fourth-order valence-corrected chi connectivity index (χ4v) is 4.71. The lowest BCUT2D eigenvalue weighted by Gasteiger charge is -2.29. The van der Waals surface area contributed by atoms with E-state index in [9.17, 15) is 24.8 Å². The molecule has 11 nitrogen and oxygen atoms in total. The molecule has 0 unspecified atom stereocenters. The van der Waals surface area contributed by atoms with Crippen molar-refractivity contribution in [3.05, 3.63) is 82.4 Å². The molecule has 1 N–H and O–H groups in total. The first-order valence-corrected chi connectivity index (χ1v) is 11.5. The Morgan fingerprint density at radius 1 is 1.03 bits per heavy atom. The van der Waals surface area contributed by atoms with Gasteiger partial charge in [-0.25, -0.2) is 9.96 Å². The van der Waals surface area contributed by atoms with Crippen molar-refractivity contribution in [3.63, 3.8) is 0 Å². The SMILES string of the molecule is CCOc1ccc(N2C(=O)[C@@H]3[C@H](ON(c4cccc([N+](=O)[O-])c4)[C@H]3c3ccc(O)c(OC)c3)C2=O)cc1. The number of amides is 2. The van der Waals surface area contributed by atoms with Gasteiger partial charge in [-0.2, -0.15) is 0 Å². The maximum absolute atomic E-state index is 13.7. The normalized spacial score (nSPS) is 20.8. The van der Waals surface area contributed by atoms with Crippen LogP contribution in [0.1, 0.15) is 18.5 Å². The Morgan fingerprint density at radius 2 is 1.78 bits per heavy atom. The smallest absolute Gasteiger partial charge is 0.271 e. The summed E-state index contributed by atoms with van der Waals surface area (Å²) in [4.78, 5) is 45.2. The zero-order valence-electron chi connectivity index (χ0n) is 19.9. The van der Waals surface area contributed by atoms with Crippen molar-refractivity contribution in [2.24, 2.45) is 5.92 Å². The average Bonchev–Trinajstić information content (AvgIpc) is 3.41. The summed E-state index contributed by atoms with van der Waals surface area (Å²) in [7, 11) is 1.39. The summed E-state index contributed by atoms with van der Waals surface area (Å²) in [6.07, 6.45) is -1.16. The molecule has 2 heterocycles. The van der Waals surface area contributed by atoms with Gasteiger partial charge in [-0.1, -0.05) is 12.1 Å². The van der Waals surface area contributed by atoms with Crippen LogP contribution >= 0.6 is 0 Å². The Hall–Kier alpha value is -4.64. The van der Waals surface area contributed by atoms with Crippen molar-refractivity contribution in [2.45, 2.75) is 19.1 Å². The van der Waals surface area contributed by atoms with Crippen LogP contribution in [0.5, 0.6) is 17.2 Å². The summed E-state index contributed by atoms with van der Waals surface area (Å²) < 4.78 is 10.7. The number of nitro groups is 1. The molecule has 37 heavy (non-hydrogen) atoms. The van der Waals surface area contributed by atoms with Crippen molar-refractivity contribution < 1.29 is 33.9 Å². The number of nitro benzene ring substituents is 1. The summed E-state index contributed by atoms with van der Waals surface area (Å²) in [6.45, 7) is 2.33. The molecule has 0 aromatic heterocycles. The minimum atomic E-state index is -1.16. The average molecular weight is 505 g/mol. The van der Waals surface area contributed by atoms with E-state index in [4.69, 9.17) is 14.3 Å². The third kappa shape index (κ3) is 4.08. The molecule has 2 aliphatic rings. The van der Waals surface area contributed by atoms with Crippen LogP contribution in [0.4, 0.5) is 17.1 Å². The number of hydroxylamine groups is 1. The number of fused-ring (bicyclic) bond motifs is 1. The Bertz CT molecular complexity index is 1380. The predicted octanol–water partition coefficient (Wildman–Crippen LogP) is 3.76. The number of carbonyl (C=O) groups excluding carboxylic acids is 2. The first-order valence-electron chi connectivity index (χ1n) is 11.5. The van der Waals surface area contributed by atoms with Gasteiger partial charge in [0.25, 0.3) is 11.6 Å². The number of methoxy groups -OCH3 is 1. The fourth-order valence-electron chi connectivity index (χ4n) is 4.71. The van der Waals surface area contributed by atoms with E-state index in [-0.39, 0.29) is 17.2 Å². The summed E-state index contributed by atoms with van der Waals surface area (Å²) in [5.41, 5.74) is 1.02. The van der Waals surface area contributed by atoms with Crippen molar-refractivity contribution >= 4 is 28.9 Å². The molecule has 2 aliphatic heterocycles. The first-order chi connectivity index (χ1) is 17.8. The van der Waals surface area contributed by atoms with Crippen molar-refractivity contribution in [1.29, 1.82) is 0 Å². The van der Waals surface area contributed by atoms with Crippen molar-refractivity contribution in [2.75, 3.05) is 23.7 Å². The number of aromatic hydroxyl groups is 1. The zero-order valence-corrected chi connectivity index (χ0v) is 19.9. The minimum Gasteiger partial charge on any atom is -0.504 e. The number of nitrogens with zero attached hydrogens (tertiary/aromatic N) is 3. The number of ether oxygens (including phenoxy) is 2.